The molecule has 0 unspecified atom stereocenters. The van der Waals surface area contributed by atoms with E-state index in [9.17, 15) is 21.6 Å². The number of nitrogens with zero attached hydrogens (tertiary/aromatic N) is 1. The van der Waals surface area contributed by atoms with Crippen LogP contribution in [0.15, 0.2) is 119 Å². The SMILES string of the molecule is C[C@@H](NC(=O)CN(c1ccc(Oc2ccccc2)cc1)S(=O)(=O)c1ccccc1)c1ccc(S(C)(=O)=O)cc1. The zero-order valence-electron chi connectivity index (χ0n) is 21.4. The Morgan fingerprint density at radius 1 is 0.744 bits per heavy atom. The second-order valence-corrected chi connectivity index (χ2v) is 12.7. The number of ether oxygens (including phenoxy) is 1. The van der Waals surface area contributed by atoms with E-state index in [0.29, 0.717) is 22.7 Å². The number of nitrogens with one attached hydrogen (secondary N) is 1. The first-order chi connectivity index (χ1) is 18.5. The Kier molecular flexibility index (Phi) is 8.37. The number of hydrogen-bond acceptors (Lipinski definition) is 6. The fourth-order valence-electron chi connectivity index (χ4n) is 3.84. The average molecular weight is 565 g/mol. The van der Waals surface area contributed by atoms with Gasteiger partial charge in [0.15, 0.2) is 9.84 Å². The number of benzene rings is 4. The lowest BCUT2D eigenvalue weighted by atomic mass is 10.1. The monoisotopic (exact) mass is 564 g/mol. The third-order valence-electron chi connectivity index (χ3n) is 5.91. The summed E-state index contributed by atoms with van der Waals surface area (Å²) in [5.41, 5.74) is 0.968. The Bertz CT molecular complexity index is 1620. The highest BCUT2D eigenvalue weighted by Gasteiger charge is 2.27. The molecule has 4 aromatic rings. The van der Waals surface area contributed by atoms with E-state index < -0.39 is 38.4 Å². The Morgan fingerprint density at radius 3 is 1.85 bits per heavy atom. The van der Waals surface area contributed by atoms with Crippen LogP contribution in [0, 0.1) is 0 Å². The highest BCUT2D eigenvalue weighted by atomic mass is 32.2. The van der Waals surface area contributed by atoms with Crippen molar-refractivity contribution < 1.29 is 26.4 Å². The zero-order chi connectivity index (χ0) is 28.0. The summed E-state index contributed by atoms with van der Waals surface area (Å²) in [6.07, 6.45) is 1.12. The van der Waals surface area contributed by atoms with Gasteiger partial charge in [0.1, 0.15) is 18.0 Å². The van der Waals surface area contributed by atoms with Gasteiger partial charge in [-0.2, -0.15) is 0 Å². The number of sulfone groups is 1. The predicted octanol–water partition coefficient (Wildman–Crippen LogP) is 4.96. The number of amides is 1. The zero-order valence-corrected chi connectivity index (χ0v) is 23.0. The molecule has 0 saturated carbocycles. The van der Waals surface area contributed by atoms with E-state index >= 15 is 0 Å². The minimum atomic E-state index is -4.08. The lowest BCUT2D eigenvalue weighted by molar-refractivity contribution is -0.120. The molecule has 0 bridgehead atoms. The standard InChI is InChI=1S/C29H28N2O6S2/c1-22(23-13-19-27(20-14-23)38(2,33)34)30-29(32)21-31(39(35,36)28-11-7-4-8-12-28)24-15-17-26(18-16-24)37-25-9-5-3-6-10-25/h3-20,22H,21H2,1-2H3,(H,30,32)/t22-/m1/s1. The molecule has 0 spiro atoms. The van der Waals surface area contributed by atoms with Crippen LogP contribution in [-0.4, -0.2) is 35.5 Å². The van der Waals surface area contributed by atoms with Gasteiger partial charge in [-0.15, -0.1) is 0 Å². The van der Waals surface area contributed by atoms with Crippen molar-refractivity contribution in [3.8, 4) is 11.5 Å². The van der Waals surface area contributed by atoms with Gasteiger partial charge in [0.05, 0.1) is 21.5 Å². The fraction of sp³-hybridized carbons (Fsp3) is 0.138. The van der Waals surface area contributed by atoms with Gasteiger partial charge in [0, 0.05) is 6.26 Å². The van der Waals surface area contributed by atoms with E-state index in [0.717, 1.165) is 10.6 Å². The van der Waals surface area contributed by atoms with Crippen molar-refractivity contribution >= 4 is 31.5 Å². The van der Waals surface area contributed by atoms with Crippen LogP contribution in [0.1, 0.15) is 18.5 Å². The van der Waals surface area contributed by atoms with Gasteiger partial charge in [0.25, 0.3) is 10.0 Å². The number of para-hydroxylation sites is 1. The molecule has 0 fully saturated rings. The molecule has 8 nitrogen and oxygen atoms in total. The maximum atomic E-state index is 13.6. The van der Waals surface area contributed by atoms with Gasteiger partial charge < -0.3 is 10.1 Å². The van der Waals surface area contributed by atoms with Gasteiger partial charge in [-0.25, -0.2) is 16.8 Å². The summed E-state index contributed by atoms with van der Waals surface area (Å²) in [5.74, 6) is 0.619. The summed E-state index contributed by atoms with van der Waals surface area (Å²) < 4.78 is 57.5. The molecule has 1 atom stereocenters. The van der Waals surface area contributed by atoms with Crippen molar-refractivity contribution in [2.45, 2.75) is 22.8 Å². The second kappa shape index (κ2) is 11.7. The van der Waals surface area contributed by atoms with E-state index in [1.807, 2.05) is 18.2 Å². The second-order valence-electron chi connectivity index (χ2n) is 8.86. The Labute approximate surface area is 228 Å². The number of carbonyl (C=O) groups excluding carboxylic acids is 1. The first-order valence-corrected chi connectivity index (χ1v) is 15.4. The molecule has 0 aromatic heterocycles. The van der Waals surface area contributed by atoms with Gasteiger partial charge in [-0.05, 0) is 73.2 Å². The molecular weight excluding hydrogens is 536 g/mol. The van der Waals surface area contributed by atoms with E-state index in [4.69, 9.17) is 4.74 Å². The largest absolute Gasteiger partial charge is 0.457 e. The summed E-state index contributed by atoms with van der Waals surface area (Å²) in [5, 5.41) is 2.80. The van der Waals surface area contributed by atoms with Crippen LogP contribution < -0.4 is 14.4 Å². The molecule has 0 aliphatic carbocycles. The van der Waals surface area contributed by atoms with Crippen molar-refractivity contribution in [2.75, 3.05) is 17.1 Å². The number of anilines is 1. The van der Waals surface area contributed by atoms with E-state index in [1.54, 1.807) is 73.7 Å². The van der Waals surface area contributed by atoms with Gasteiger partial charge in [-0.3, -0.25) is 9.10 Å². The highest BCUT2D eigenvalue weighted by Crippen LogP contribution is 2.28. The maximum Gasteiger partial charge on any atom is 0.264 e. The average Bonchev–Trinajstić information content (AvgIpc) is 2.93. The fourth-order valence-corrected chi connectivity index (χ4v) is 5.92. The highest BCUT2D eigenvalue weighted by molar-refractivity contribution is 7.93. The van der Waals surface area contributed by atoms with Crippen LogP contribution in [0.4, 0.5) is 5.69 Å². The lowest BCUT2D eigenvalue weighted by Gasteiger charge is -2.25. The number of hydrogen-bond donors (Lipinski definition) is 1. The molecule has 39 heavy (non-hydrogen) atoms. The van der Waals surface area contributed by atoms with Crippen molar-refractivity contribution in [1.29, 1.82) is 0 Å². The lowest BCUT2D eigenvalue weighted by Crippen LogP contribution is -2.41. The summed E-state index contributed by atoms with van der Waals surface area (Å²) in [4.78, 5) is 13.3. The van der Waals surface area contributed by atoms with Crippen LogP contribution in [0.25, 0.3) is 0 Å². The van der Waals surface area contributed by atoms with E-state index in [1.165, 1.54) is 24.3 Å². The van der Waals surface area contributed by atoms with Crippen molar-refractivity contribution in [1.82, 2.24) is 5.32 Å². The Morgan fingerprint density at radius 2 is 1.28 bits per heavy atom. The van der Waals surface area contributed by atoms with Crippen molar-refractivity contribution in [2.24, 2.45) is 0 Å². The van der Waals surface area contributed by atoms with Crippen LogP contribution in [0.2, 0.25) is 0 Å². The van der Waals surface area contributed by atoms with Gasteiger partial charge in [-0.1, -0.05) is 48.5 Å². The van der Waals surface area contributed by atoms with Crippen LogP contribution in [0.5, 0.6) is 11.5 Å². The van der Waals surface area contributed by atoms with Crippen molar-refractivity contribution in [3.63, 3.8) is 0 Å². The minimum Gasteiger partial charge on any atom is -0.457 e. The third kappa shape index (κ3) is 7.04. The first-order valence-electron chi connectivity index (χ1n) is 12.0. The molecule has 202 valence electrons. The van der Waals surface area contributed by atoms with Crippen LogP contribution in [0.3, 0.4) is 0 Å². The van der Waals surface area contributed by atoms with E-state index in [-0.39, 0.29) is 9.79 Å². The summed E-state index contributed by atoms with van der Waals surface area (Å²) in [6.45, 7) is 1.26. The molecule has 1 N–H and O–H groups in total. The molecule has 0 aliphatic heterocycles. The summed E-state index contributed by atoms with van der Waals surface area (Å²) in [6, 6.07) is 29.2. The molecule has 4 aromatic carbocycles. The number of carbonyl (C=O) groups is 1. The molecule has 10 heteroatoms. The van der Waals surface area contributed by atoms with Crippen LogP contribution >= 0.6 is 0 Å². The summed E-state index contributed by atoms with van der Waals surface area (Å²) >= 11 is 0. The Hall–Kier alpha value is -4.15. The predicted molar refractivity (Wildman–Crippen MR) is 150 cm³/mol. The summed E-state index contributed by atoms with van der Waals surface area (Å²) in [7, 11) is -7.43. The third-order valence-corrected chi connectivity index (χ3v) is 8.82. The quantitative estimate of drug-likeness (QED) is 0.292. The molecule has 0 heterocycles. The molecule has 1 amide bonds. The normalized spacial score (nSPS) is 12.4. The molecule has 0 aliphatic rings. The molecule has 0 radical (unpaired) electrons. The van der Waals surface area contributed by atoms with Gasteiger partial charge >= 0.3 is 0 Å². The maximum absolute atomic E-state index is 13.6. The number of rotatable bonds is 10. The molecule has 0 saturated heterocycles. The smallest absolute Gasteiger partial charge is 0.264 e. The van der Waals surface area contributed by atoms with Gasteiger partial charge in [0.2, 0.25) is 5.91 Å². The van der Waals surface area contributed by atoms with Crippen molar-refractivity contribution in [3.05, 3.63) is 115 Å². The minimum absolute atomic E-state index is 0.0480. The van der Waals surface area contributed by atoms with Crippen LogP contribution in [-0.2, 0) is 24.7 Å². The topological polar surface area (TPSA) is 110 Å². The number of sulfonamides is 1. The molecular formula is C29H28N2O6S2. The molecule has 4 rings (SSSR count). The first kappa shape index (κ1) is 27.9. The van der Waals surface area contributed by atoms with E-state index in [2.05, 4.69) is 5.32 Å². The Balaban J connectivity index is 1.56.